The van der Waals surface area contributed by atoms with Gasteiger partial charge in [-0.2, -0.15) is 8.42 Å². The van der Waals surface area contributed by atoms with Crippen LogP contribution in [0.5, 0.6) is 0 Å². The van der Waals surface area contributed by atoms with Gasteiger partial charge < -0.3 is 9.47 Å². The third kappa shape index (κ3) is 5.26. The Labute approximate surface area is 160 Å². The molecule has 1 aliphatic rings. The van der Waals surface area contributed by atoms with Gasteiger partial charge in [-0.25, -0.2) is 13.8 Å². The van der Waals surface area contributed by atoms with Gasteiger partial charge in [0, 0.05) is 10.9 Å². The lowest BCUT2D eigenvalue weighted by Crippen LogP contribution is -2.53. The van der Waals surface area contributed by atoms with Gasteiger partial charge in [0.1, 0.15) is 5.60 Å². The zero-order chi connectivity index (χ0) is 19.6. The third-order valence-electron chi connectivity index (χ3n) is 3.37. The number of rotatable bonds is 4. The molecule has 0 saturated carbocycles. The zero-order valence-electron chi connectivity index (χ0n) is 14.6. The molecule has 0 radical (unpaired) electrons. The van der Waals surface area contributed by atoms with Gasteiger partial charge in [0.2, 0.25) is 5.72 Å². The molecule has 1 saturated heterocycles. The first kappa shape index (κ1) is 20.8. The summed E-state index contributed by atoms with van der Waals surface area (Å²) in [5, 5.41) is 2.68. The molecule has 8 nitrogen and oxygen atoms in total. The minimum absolute atomic E-state index is 0.0321. The van der Waals surface area contributed by atoms with E-state index in [4.69, 9.17) is 8.92 Å². The van der Waals surface area contributed by atoms with Crippen LogP contribution in [0.2, 0.25) is 0 Å². The van der Waals surface area contributed by atoms with Crippen LogP contribution in [0.4, 0.5) is 4.79 Å². The molecule has 26 heavy (non-hydrogen) atoms. The highest BCUT2D eigenvalue weighted by atomic mass is 79.9. The molecule has 0 unspecified atom stereocenters. The molecule has 1 heterocycles. The number of carbonyl (C=O) groups excluding carboxylic acids is 2. The summed E-state index contributed by atoms with van der Waals surface area (Å²) in [4.78, 5) is 24.1. The molecule has 1 N–H and O–H groups in total. The molecule has 0 aliphatic carbocycles. The highest BCUT2D eigenvalue weighted by molar-refractivity contribution is 9.10. The topological polar surface area (TPSA) is 108 Å². The summed E-state index contributed by atoms with van der Waals surface area (Å²) in [6.45, 7) is 5.16. The molecular weight excluding hydrogens is 430 g/mol. The van der Waals surface area contributed by atoms with Crippen LogP contribution in [0.25, 0.3) is 0 Å². The molecular formula is C16H20BrNO7S. The number of ether oxygens (including phenoxy) is 2. The summed E-state index contributed by atoms with van der Waals surface area (Å²) < 4.78 is 40.5. The van der Waals surface area contributed by atoms with E-state index in [1.165, 1.54) is 24.3 Å². The Balaban J connectivity index is 2.20. The summed E-state index contributed by atoms with van der Waals surface area (Å²) >= 11 is 3.21. The van der Waals surface area contributed by atoms with Crippen LogP contribution in [0.3, 0.4) is 0 Å². The normalized spacial score (nSPS) is 20.6. The van der Waals surface area contributed by atoms with Gasteiger partial charge in [-0.1, -0.05) is 15.9 Å². The van der Waals surface area contributed by atoms with Gasteiger partial charge in [0.05, 0.1) is 4.90 Å². The SMILES string of the molecule is CC(C)(C)OC(=O)OC(=O)[C@@]1(OS(=O)(=O)c2ccc(Br)cc2)CCCN1. The van der Waals surface area contributed by atoms with Gasteiger partial charge in [0.25, 0.3) is 10.1 Å². The second-order valence-corrected chi connectivity index (χ2v) is 9.16. The zero-order valence-corrected chi connectivity index (χ0v) is 17.0. The van der Waals surface area contributed by atoms with Crippen LogP contribution in [-0.2, 0) is 28.6 Å². The van der Waals surface area contributed by atoms with E-state index in [0.29, 0.717) is 17.4 Å². The van der Waals surface area contributed by atoms with Gasteiger partial charge in [-0.3, -0.25) is 5.32 Å². The quantitative estimate of drug-likeness (QED) is 0.424. The van der Waals surface area contributed by atoms with E-state index < -0.39 is 33.6 Å². The maximum Gasteiger partial charge on any atom is 0.516 e. The Morgan fingerprint density at radius 2 is 1.81 bits per heavy atom. The number of hydrogen-bond acceptors (Lipinski definition) is 8. The maximum atomic E-state index is 12.5. The van der Waals surface area contributed by atoms with Gasteiger partial charge >= 0.3 is 12.1 Å². The van der Waals surface area contributed by atoms with Crippen molar-refractivity contribution in [3.8, 4) is 0 Å². The smallest absolute Gasteiger partial charge is 0.428 e. The Kier molecular flexibility index (Phi) is 6.11. The highest BCUT2D eigenvalue weighted by Crippen LogP contribution is 2.28. The van der Waals surface area contributed by atoms with Crippen molar-refractivity contribution >= 4 is 38.2 Å². The van der Waals surface area contributed by atoms with Crippen molar-refractivity contribution in [2.75, 3.05) is 6.54 Å². The number of hydrogen-bond donors (Lipinski definition) is 1. The molecule has 1 fully saturated rings. The minimum Gasteiger partial charge on any atom is -0.428 e. The number of esters is 1. The first-order valence-electron chi connectivity index (χ1n) is 7.85. The van der Waals surface area contributed by atoms with Crippen LogP contribution in [0, 0.1) is 0 Å². The maximum absolute atomic E-state index is 12.5. The molecule has 0 amide bonds. The molecule has 1 atom stereocenters. The average Bonchev–Trinajstić information content (AvgIpc) is 2.94. The average molecular weight is 450 g/mol. The number of halogens is 1. The van der Waals surface area contributed by atoms with Crippen LogP contribution in [-0.4, -0.2) is 38.4 Å². The van der Waals surface area contributed by atoms with E-state index in [1.54, 1.807) is 20.8 Å². The molecule has 0 aromatic heterocycles. The first-order chi connectivity index (χ1) is 11.9. The van der Waals surface area contributed by atoms with E-state index in [-0.39, 0.29) is 11.3 Å². The van der Waals surface area contributed by atoms with Crippen LogP contribution < -0.4 is 5.32 Å². The van der Waals surface area contributed by atoms with E-state index in [1.807, 2.05) is 0 Å². The lowest BCUT2D eigenvalue weighted by Gasteiger charge is -2.26. The predicted octanol–water partition coefficient (Wildman–Crippen LogP) is 2.71. The monoisotopic (exact) mass is 449 g/mol. The van der Waals surface area contributed by atoms with Crippen LogP contribution in [0.15, 0.2) is 33.6 Å². The third-order valence-corrected chi connectivity index (χ3v) is 5.25. The molecule has 1 aliphatic heterocycles. The number of carbonyl (C=O) groups is 2. The van der Waals surface area contributed by atoms with Crippen LogP contribution in [0.1, 0.15) is 33.6 Å². The van der Waals surface area contributed by atoms with Gasteiger partial charge in [-0.05, 0) is 58.0 Å². The molecule has 144 valence electrons. The van der Waals surface area contributed by atoms with Crippen molar-refractivity contribution in [2.24, 2.45) is 0 Å². The van der Waals surface area contributed by atoms with E-state index >= 15 is 0 Å². The van der Waals surface area contributed by atoms with Gasteiger partial charge in [0.15, 0.2) is 0 Å². The van der Waals surface area contributed by atoms with Crippen molar-refractivity contribution in [3.05, 3.63) is 28.7 Å². The first-order valence-corrected chi connectivity index (χ1v) is 10.1. The minimum atomic E-state index is -4.27. The largest absolute Gasteiger partial charge is 0.516 e. The molecule has 10 heteroatoms. The molecule has 0 bridgehead atoms. The Hall–Kier alpha value is -1.49. The summed E-state index contributed by atoms with van der Waals surface area (Å²) in [6, 6.07) is 5.73. The fourth-order valence-corrected chi connectivity index (χ4v) is 3.68. The molecule has 1 aromatic rings. The van der Waals surface area contributed by atoms with Crippen molar-refractivity contribution in [3.63, 3.8) is 0 Å². The Bertz CT molecular complexity index is 778. The van der Waals surface area contributed by atoms with E-state index in [0.717, 1.165) is 0 Å². The standard InChI is InChI=1S/C16H20BrNO7S/c1-15(2,3)24-14(20)23-13(19)16(9-4-10-18-16)25-26(21,22)12-7-5-11(17)6-8-12/h5-8,18H,4,9-10H2,1-3H3/t16-/m0/s1. The van der Waals surface area contributed by atoms with E-state index in [9.17, 15) is 18.0 Å². The van der Waals surface area contributed by atoms with Crippen molar-refractivity contribution in [1.82, 2.24) is 5.32 Å². The van der Waals surface area contributed by atoms with Crippen molar-refractivity contribution in [1.29, 1.82) is 0 Å². The lowest BCUT2D eigenvalue weighted by molar-refractivity contribution is -0.160. The molecule has 1 aromatic carbocycles. The summed E-state index contributed by atoms with van der Waals surface area (Å²) in [5.74, 6) is -1.16. The van der Waals surface area contributed by atoms with Gasteiger partial charge in [-0.15, -0.1) is 0 Å². The second-order valence-electron chi connectivity index (χ2n) is 6.70. The van der Waals surface area contributed by atoms with Crippen LogP contribution >= 0.6 is 15.9 Å². The highest BCUT2D eigenvalue weighted by Gasteiger charge is 2.49. The molecule has 2 rings (SSSR count). The Morgan fingerprint density at radius 3 is 2.31 bits per heavy atom. The van der Waals surface area contributed by atoms with E-state index in [2.05, 4.69) is 26.0 Å². The summed E-state index contributed by atoms with van der Waals surface area (Å²) in [7, 11) is -4.27. The summed E-state index contributed by atoms with van der Waals surface area (Å²) in [6.07, 6.45) is -0.718. The van der Waals surface area contributed by atoms with Crippen molar-refractivity contribution < 1.29 is 31.7 Å². The fourth-order valence-electron chi connectivity index (χ4n) is 2.26. The predicted molar refractivity (Wildman–Crippen MR) is 94.7 cm³/mol. The fraction of sp³-hybridized carbons (Fsp3) is 0.500. The number of benzene rings is 1. The Morgan fingerprint density at radius 1 is 1.19 bits per heavy atom. The molecule has 0 spiro atoms. The van der Waals surface area contributed by atoms with Crippen molar-refractivity contribution in [2.45, 2.75) is 49.8 Å². The second kappa shape index (κ2) is 7.63. The number of nitrogens with one attached hydrogen (secondary N) is 1. The summed E-state index contributed by atoms with van der Waals surface area (Å²) in [5.41, 5.74) is -2.83. The lowest BCUT2D eigenvalue weighted by atomic mass is 10.2.